The van der Waals surface area contributed by atoms with E-state index in [4.69, 9.17) is 4.74 Å². The van der Waals surface area contributed by atoms with Gasteiger partial charge < -0.3 is 10.1 Å². The summed E-state index contributed by atoms with van der Waals surface area (Å²) in [7, 11) is 0. The number of ether oxygens (including phenoxy) is 1. The first kappa shape index (κ1) is 22.4. The van der Waals surface area contributed by atoms with Crippen LogP contribution in [0.5, 0.6) is 0 Å². The third-order valence-corrected chi connectivity index (χ3v) is 6.49. The molecule has 1 aliphatic rings. The summed E-state index contributed by atoms with van der Waals surface area (Å²) < 4.78 is 8.41. The minimum Gasteiger partial charge on any atom is -0.381 e. The number of carbonyl (C=O) groups is 1. The van der Waals surface area contributed by atoms with E-state index in [-0.39, 0.29) is 17.5 Å². The molecule has 8 heteroatoms. The van der Waals surface area contributed by atoms with Gasteiger partial charge in [0.25, 0.3) is 0 Å². The Kier molecular flexibility index (Phi) is 7.44. The second-order valence-corrected chi connectivity index (χ2v) is 9.02. The third-order valence-electron chi connectivity index (χ3n) is 5.50. The summed E-state index contributed by atoms with van der Waals surface area (Å²) in [4.78, 5) is 27.1. The Labute approximate surface area is 191 Å². The Balaban J connectivity index is 1.40. The normalized spacial score (nSPS) is 14.4. The molecule has 1 N–H and O–H groups in total. The summed E-state index contributed by atoms with van der Waals surface area (Å²) >= 11 is 1.60. The van der Waals surface area contributed by atoms with Crippen LogP contribution in [0.1, 0.15) is 32.6 Å². The molecule has 0 atom stereocenters. The smallest absolute Gasteiger partial charge is 0.350 e. The summed E-state index contributed by atoms with van der Waals surface area (Å²) in [5.74, 6) is 0.0741. The van der Waals surface area contributed by atoms with E-state index in [2.05, 4.69) is 17.3 Å². The number of aryl methyl sites for hydroxylation is 1. The topological polar surface area (TPSA) is 78.2 Å². The first-order valence-electron chi connectivity index (χ1n) is 11.1. The van der Waals surface area contributed by atoms with Gasteiger partial charge in [0.1, 0.15) is 6.33 Å². The first-order valence-corrected chi connectivity index (χ1v) is 11.9. The summed E-state index contributed by atoms with van der Waals surface area (Å²) in [5.41, 5.74) is 1.42. The van der Waals surface area contributed by atoms with Gasteiger partial charge in [-0.25, -0.2) is 4.79 Å². The van der Waals surface area contributed by atoms with Crippen molar-refractivity contribution >= 4 is 23.4 Å². The molecule has 0 aliphatic carbocycles. The van der Waals surface area contributed by atoms with Gasteiger partial charge in [-0.3, -0.25) is 9.36 Å². The van der Waals surface area contributed by atoms with Crippen LogP contribution >= 0.6 is 11.8 Å². The van der Waals surface area contributed by atoms with Crippen LogP contribution in [-0.4, -0.2) is 33.5 Å². The number of carbonyl (C=O) groups excluding carboxylic acids is 1. The molecule has 1 amide bonds. The summed E-state index contributed by atoms with van der Waals surface area (Å²) in [6.45, 7) is 4.08. The number of anilines is 1. The minimum absolute atomic E-state index is 0.0152. The van der Waals surface area contributed by atoms with Gasteiger partial charge in [-0.2, -0.15) is 9.78 Å². The number of nitrogens with zero attached hydrogens (tertiary/aromatic N) is 3. The van der Waals surface area contributed by atoms with Crippen molar-refractivity contribution in [3.05, 3.63) is 65.3 Å². The van der Waals surface area contributed by atoms with Crippen LogP contribution in [0.15, 0.2) is 69.4 Å². The van der Waals surface area contributed by atoms with Crippen molar-refractivity contribution in [2.75, 3.05) is 18.5 Å². The van der Waals surface area contributed by atoms with Crippen molar-refractivity contribution in [2.24, 2.45) is 5.92 Å². The molecular weight excluding hydrogens is 424 g/mol. The number of aromatic nitrogens is 3. The number of hydrogen-bond donors (Lipinski definition) is 1. The number of benzene rings is 2. The molecule has 4 rings (SSSR count). The van der Waals surface area contributed by atoms with E-state index in [1.807, 2.05) is 48.5 Å². The molecule has 2 heterocycles. The van der Waals surface area contributed by atoms with Gasteiger partial charge in [0.05, 0.1) is 5.69 Å². The molecule has 1 saturated heterocycles. The van der Waals surface area contributed by atoms with Crippen molar-refractivity contribution in [2.45, 2.75) is 48.9 Å². The van der Waals surface area contributed by atoms with Crippen LogP contribution in [0.25, 0.3) is 5.69 Å². The van der Waals surface area contributed by atoms with Gasteiger partial charge in [0, 0.05) is 41.2 Å². The lowest BCUT2D eigenvalue weighted by Crippen LogP contribution is -2.28. The van der Waals surface area contributed by atoms with E-state index in [1.54, 1.807) is 22.7 Å². The minimum atomic E-state index is -0.119. The highest BCUT2D eigenvalue weighted by Gasteiger charge is 2.21. The summed E-state index contributed by atoms with van der Waals surface area (Å²) in [6, 6.07) is 15.6. The van der Waals surface area contributed by atoms with E-state index in [9.17, 15) is 9.59 Å². The van der Waals surface area contributed by atoms with E-state index >= 15 is 0 Å². The molecule has 0 radical (unpaired) electrons. The van der Waals surface area contributed by atoms with Gasteiger partial charge in [0.15, 0.2) is 0 Å². The summed E-state index contributed by atoms with van der Waals surface area (Å²) in [6.07, 6.45) is 5.12. The molecule has 168 valence electrons. The highest BCUT2D eigenvalue weighted by Crippen LogP contribution is 2.30. The van der Waals surface area contributed by atoms with Gasteiger partial charge in [-0.05, 0) is 61.7 Å². The molecule has 0 spiro atoms. The van der Waals surface area contributed by atoms with Crippen molar-refractivity contribution in [1.82, 2.24) is 14.3 Å². The van der Waals surface area contributed by atoms with Crippen molar-refractivity contribution < 1.29 is 9.53 Å². The van der Waals surface area contributed by atoms with Crippen LogP contribution < -0.4 is 11.0 Å². The maximum Gasteiger partial charge on any atom is 0.350 e. The van der Waals surface area contributed by atoms with Crippen molar-refractivity contribution in [3.8, 4) is 5.69 Å². The van der Waals surface area contributed by atoms with E-state index in [0.717, 1.165) is 46.8 Å². The quantitative estimate of drug-likeness (QED) is 0.550. The molecule has 1 aromatic heterocycles. The van der Waals surface area contributed by atoms with Gasteiger partial charge >= 0.3 is 5.69 Å². The lowest BCUT2D eigenvalue weighted by molar-refractivity contribution is -0.122. The molecule has 3 aromatic rings. The Morgan fingerprint density at radius 3 is 2.69 bits per heavy atom. The zero-order valence-electron chi connectivity index (χ0n) is 18.2. The van der Waals surface area contributed by atoms with Crippen LogP contribution in [-0.2, 0) is 16.1 Å². The predicted octanol–water partition coefficient (Wildman–Crippen LogP) is 4.35. The van der Waals surface area contributed by atoms with Crippen LogP contribution in [0.2, 0.25) is 0 Å². The SMILES string of the molecule is CCCCn1cnn(-c2ccc(Sc3cccc(NC(=O)C4CCOCC4)c3)cc2)c1=O. The van der Waals surface area contributed by atoms with Crippen LogP contribution in [0.4, 0.5) is 5.69 Å². The Morgan fingerprint density at radius 1 is 1.16 bits per heavy atom. The number of hydrogen-bond acceptors (Lipinski definition) is 5. The van der Waals surface area contributed by atoms with Gasteiger partial charge in [0.2, 0.25) is 5.91 Å². The average Bonchev–Trinajstić information content (AvgIpc) is 3.19. The first-order chi connectivity index (χ1) is 15.6. The number of amides is 1. The van der Waals surface area contributed by atoms with Crippen LogP contribution in [0.3, 0.4) is 0 Å². The van der Waals surface area contributed by atoms with Gasteiger partial charge in [-0.15, -0.1) is 0 Å². The highest BCUT2D eigenvalue weighted by molar-refractivity contribution is 7.99. The molecule has 32 heavy (non-hydrogen) atoms. The third kappa shape index (κ3) is 5.49. The number of unbranched alkanes of at least 4 members (excludes halogenated alkanes) is 1. The Bertz CT molecular complexity index is 1100. The standard InChI is InChI=1S/C24H28N4O3S/c1-2-3-13-27-17-25-28(24(27)30)20-7-9-21(10-8-20)32-22-6-4-5-19(16-22)26-23(29)18-11-14-31-15-12-18/h4-10,16-18H,2-3,11-15H2,1H3,(H,26,29). The molecule has 0 unspecified atom stereocenters. The number of nitrogens with one attached hydrogen (secondary N) is 1. The molecule has 1 fully saturated rings. The predicted molar refractivity (Wildman–Crippen MR) is 125 cm³/mol. The largest absolute Gasteiger partial charge is 0.381 e. The molecule has 2 aromatic carbocycles. The second-order valence-electron chi connectivity index (χ2n) is 7.87. The Morgan fingerprint density at radius 2 is 1.94 bits per heavy atom. The lowest BCUT2D eigenvalue weighted by Gasteiger charge is -2.21. The van der Waals surface area contributed by atoms with E-state index < -0.39 is 0 Å². The van der Waals surface area contributed by atoms with Crippen LogP contribution in [0, 0.1) is 5.92 Å². The number of rotatable bonds is 8. The van der Waals surface area contributed by atoms with Gasteiger partial charge in [-0.1, -0.05) is 31.2 Å². The van der Waals surface area contributed by atoms with E-state index in [1.165, 1.54) is 4.68 Å². The zero-order chi connectivity index (χ0) is 22.3. The maximum atomic E-state index is 12.5. The molecule has 0 bridgehead atoms. The van der Waals surface area contributed by atoms with E-state index in [0.29, 0.717) is 19.8 Å². The van der Waals surface area contributed by atoms with Crippen molar-refractivity contribution in [3.63, 3.8) is 0 Å². The lowest BCUT2D eigenvalue weighted by atomic mass is 9.99. The summed E-state index contributed by atoms with van der Waals surface area (Å²) in [5, 5.41) is 7.28. The second kappa shape index (κ2) is 10.7. The van der Waals surface area contributed by atoms with Crippen molar-refractivity contribution in [1.29, 1.82) is 0 Å². The molecule has 7 nitrogen and oxygen atoms in total. The molecular formula is C24H28N4O3S. The molecule has 0 saturated carbocycles. The monoisotopic (exact) mass is 452 g/mol. The Hall–Kier alpha value is -2.84. The average molecular weight is 453 g/mol. The fourth-order valence-corrected chi connectivity index (χ4v) is 4.50. The highest BCUT2D eigenvalue weighted by atomic mass is 32.2. The maximum absolute atomic E-state index is 12.5. The molecule has 1 aliphatic heterocycles. The fourth-order valence-electron chi connectivity index (χ4n) is 3.63. The zero-order valence-corrected chi connectivity index (χ0v) is 19.0. The fraction of sp³-hybridized carbons (Fsp3) is 0.375.